The van der Waals surface area contributed by atoms with E-state index in [9.17, 15) is 9.59 Å². The normalized spacial score (nSPS) is 22.0. The minimum atomic E-state index is -0.449. The Morgan fingerprint density at radius 3 is 2.52 bits per heavy atom. The number of piperazine rings is 1. The number of rotatable bonds is 4. The highest BCUT2D eigenvalue weighted by atomic mass is 16.2. The Morgan fingerprint density at radius 2 is 1.90 bits per heavy atom. The van der Waals surface area contributed by atoms with Crippen LogP contribution in [0.5, 0.6) is 0 Å². The minimum absolute atomic E-state index is 0.0203. The average molecular weight is 286 g/mol. The topological polar surface area (TPSA) is 49.4 Å². The van der Waals surface area contributed by atoms with Gasteiger partial charge in [-0.1, -0.05) is 42.0 Å². The Balaban J connectivity index is 2.22. The van der Waals surface area contributed by atoms with Crippen molar-refractivity contribution in [3.63, 3.8) is 0 Å². The SMILES string of the molecule is CC(C)=CCN1C(=O)C(C)NC(=O)C1Cc1ccccc1. The summed E-state index contributed by atoms with van der Waals surface area (Å²) in [6.07, 6.45) is 2.53. The van der Waals surface area contributed by atoms with Crippen LogP contribution in [0.1, 0.15) is 26.3 Å². The van der Waals surface area contributed by atoms with Gasteiger partial charge >= 0.3 is 0 Å². The number of carbonyl (C=O) groups excluding carboxylic acids is 2. The van der Waals surface area contributed by atoms with E-state index < -0.39 is 12.1 Å². The van der Waals surface area contributed by atoms with Crippen LogP contribution in [0, 0.1) is 0 Å². The number of benzene rings is 1. The highest BCUT2D eigenvalue weighted by Gasteiger charge is 2.37. The van der Waals surface area contributed by atoms with E-state index in [1.54, 1.807) is 11.8 Å². The van der Waals surface area contributed by atoms with Crippen LogP contribution in [-0.4, -0.2) is 35.3 Å². The molecular weight excluding hydrogens is 264 g/mol. The fraction of sp³-hybridized carbons (Fsp3) is 0.412. The standard InChI is InChI=1S/C17H22N2O2/c1-12(2)9-10-19-15(11-14-7-5-4-6-8-14)16(20)18-13(3)17(19)21/h4-9,13,15H,10-11H2,1-3H3,(H,18,20). The fourth-order valence-electron chi connectivity index (χ4n) is 2.45. The zero-order valence-corrected chi connectivity index (χ0v) is 12.8. The molecule has 1 aromatic carbocycles. The summed E-state index contributed by atoms with van der Waals surface area (Å²) in [5.74, 6) is -0.0962. The maximum absolute atomic E-state index is 12.4. The van der Waals surface area contributed by atoms with Gasteiger partial charge in [0.1, 0.15) is 12.1 Å². The molecule has 0 aromatic heterocycles. The van der Waals surface area contributed by atoms with Crippen LogP contribution in [0.2, 0.25) is 0 Å². The zero-order chi connectivity index (χ0) is 15.4. The predicted octanol–water partition coefficient (Wildman–Crippen LogP) is 1.91. The average Bonchev–Trinajstić information content (AvgIpc) is 2.45. The molecule has 1 aliphatic heterocycles. The van der Waals surface area contributed by atoms with Crippen LogP contribution in [0.3, 0.4) is 0 Å². The van der Waals surface area contributed by atoms with E-state index in [0.717, 1.165) is 11.1 Å². The van der Waals surface area contributed by atoms with Crippen molar-refractivity contribution in [2.75, 3.05) is 6.54 Å². The molecule has 4 nitrogen and oxygen atoms in total. The Labute approximate surface area is 125 Å². The van der Waals surface area contributed by atoms with E-state index in [-0.39, 0.29) is 11.8 Å². The lowest BCUT2D eigenvalue weighted by Gasteiger charge is -2.37. The molecule has 2 rings (SSSR count). The molecule has 0 bridgehead atoms. The first kappa shape index (κ1) is 15.3. The first-order valence-corrected chi connectivity index (χ1v) is 7.27. The molecule has 112 valence electrons. The van der Waals surface area contributed by atoms with Crippen LogP contribution >= 0.6 is 0 Å². The predicted molar refractivity (Wildman–Crippen MR) is 82.7 cm³/mol. The molecule has 2 amide bonds. The van der Waals surface area contributed by atoms with Crippen molar-refractivity contribution in [3.8, 4) is 0 Å². The molecule has 1 aliphatic rings. The van der Waals surface area contributed by atoms with E-state index in [2.05, 4.69) is 5.32 Å². The first-order valence-electron chi connectivity index (χ1n) is 7.27. The molecule has 0 radical (unpaired) electrons. The lowest BCUT2D eigenvalue weighted by atomic mass is 10.00. The fourth-order valence-corrected chi connectivity index (χ4v) is 2.45. The lowest BCUT2D eigenvalue weighted by Crippen LogP contribution is -2.63. The van der Waals surface area contributed by atoms with Gasteiger partial charge in [-0.15, -0.1) is 0 Å². The summed E-state index contributed by atoms with van der Waals surface area (Å²) < 4.78 is 0. The largest absolute Gasteiger partial charge is 0.343 e. The molecule has 4 heteroatoms. The third kappa shape index (κ3) is 3.72. The maximum atomic E-state index is 12.4. The van der Waals surface area contributed by atoms with Crippen LogP contribution in [0.4, 0.5) is 0 Å². The number of nitrogens with zero attached hydrogens (tertiary/aromatic N) is 1. The molecule has 1 aromatic rings. The molecule has 1 N–H and O–H groups in total. The van der Waals surface area contributed by atoms with Crippen LogP contribution in [0.25, 0.3) is 0 Å². The van der Waals surface area contributed by atoms with E-state index >= 15 is 0 Å². The molecular formula is C17H22N2O2. The lowest BCUT2D eigenvalue weighted by molar-refractivity contribution is -0.148. The molecule has 2 atom stereocenters. The molecule has 1 heterocycles. The molecule has 1 fully saturated rings. The Bertz CT molecular complexity index is 547. The Morgan fingerprint density at radius 1 is 1.24 bits per heavy atom. The Kier molecular flexibility index (Phi) is 4.78. The molecule has 0 saturated carbocycles. The second-order valence-electron chi connectivity index (χ2n) is 5.71. The first-order chi connectivity index (χ1) is 9.99. The van der Waals surface area contributed by atoms with Crippen molar-refractivity contribution in [2.24, 2.45) is 0 Å². The third-order valence-electron chi connectivity index (χ3n) is 3.66. The van der Waals surface area contributed by atoms with Gasteiger partial charge in [-0.3, -0.25) is 9.59 Å². The molecule has 0 spiro atoms. The van der Waals surface area contributed by atoms with E-state index in [0.29, 0.717) is 13.0 Å². The minimum Gasteiger partial charge on any atom is -0.343 e. The molecule has 0 aliphatic carbocycles. The highest BCUT2D eigenvalue weighted by Crippen LogP contribution is 2.15. The van der Waals surface area contributed by atoms with Gasteiger partial charge in [0.25, 0.3) is 0 Å². The maximum Gasteiger partial charge on any atom is 0.245 e. The van der Waals surface area contributed by atoms with E-state index in [1.807, 2.05) is 50.3 Å². The van der Waals surface area contributed by atoms with Gasteiger partial charge < -0.3 is 10.2 Å². The van der Waals surface area contributed by atoms with Crippen molar-refractivity contribution in [3.05, 3.63) is 47.5 Å². The van der Waals surface area contributed by atoms with Gasteiger partial charge in [-0.2, -0.15) is 0 Å². The number of hydrogen-bond acceptors (Lipinski definition) is 2. The van der Waals surface area contributed by atoms with Crippen LogP contribution < -0.4 is 5.32 Å². The second kappa shape index (κ2) is 6.57. The van der Waals surface area contributed by atoms with Crippen molar-refractivity contribution in [1.29, 1.82) is 0 Å². The summed E-state index contributed by atoms with van der Waals surface area (Å²) in [4.78, 5) is 26.3. The summed E-state index contributed by atoms with van der Waals surface area (Å²) in [7, 11) is 0. The smallest absolute Gasteiger partial charge is 0.245 e. The molecule has 21 heavy (non-hydrogen) atoms. The number of nitrogens with one attached hydrogen (secondary N) is 1. The summed E-state index contributed by atoms with van der Waals surface area (Å²) in [5.41, 5.74) is 2.20. The van der Waals surface area contributed by atoms with Gasteiger partial charge in [-0.05, 0) is 26.3 Å². The summed E-state index contributed by atoms with van der Waals surface area (Å²) in [6, 6.07) is 8.91. The summed E-state index contributed by atoms with van der Waals surface area (Å²) in [5, 5.41) is 2.77. The molecule has 1 saturated heterocycles. The zero-order valence-electron chi connectivity index (χ0n) is 12.8. The van der Waals surface area contributed by atoms with Gasteiger partial charge in [0.15, 0.2) is 0 Å². The van der Waals surface area contributed by atoms with Crippen molar-refractivity contribution < 1.29 is 9.59 Å². The van der Waals surface area contributed by atoms with Gasteiger partial charge in [0, 0.05) is 13.0 Å². The monoisotopic (exact) mass is 286 g/mol. The number of hydrogen-bond donors (Lipinski definition) is 1. The van der Waals surface area contributed by atoms with Gasteiger partial charge in [0.2, 0.25) is 11.8 Å². The van der Waals surface area contributed by atoms with Crippen LogP contribution in [-0.2, 0) is 16.0 Å². The highest BCUT2D eigenvalue weighted by molar-refractivity contribution is 5.97. The molecule has 2 unspecified atom stereocenters. The van der Waals surface area contributed by atoms with Gasteiger partial charge in [0.05, 0.1) is 0 Å². The third-order valence-corrected chi connectivity index (χ3v) is 3.66. The van der Waals surface area contributed by atoms with Crippen molar-refractivity contribution >= 4 is 11.8 Å². The quantitative estimate of drug-likeness (QED) is 0.860. The number of amides is 2. The second-order valence-corrected chi connectivity index (χ2v) is 5.71. The summed E-state index contributed by atoms with van der Waals surface area (Å²) in [6.45, 7) is 6.19. The number of carbonyl (C=O) groups is 2. The van der Waals surface area contributed by atoms with Crippen LogP contribution in [0.15, 0.2) is 42.0 Å². The van der Waals surface area contributed by atoms with E-state index in [4.69, 9.17) is 0 Å². The van der Waals surface area contributed by atoms with E-state index in [1.165, 1.54) is 0 Å². The van der Waals surface area contributed by atoms with Gasteiger partial charge in [-0.25, -0.2) is 0 Å². The van der Waals surface area contributed by atoms with Crippen molar-refractivity contribution in [2.45, 2.75) is 39.3 Å². The Hall–Kier alpha value is -2.10. The number of allylic oxidation sites excluding steroid dienone is 1. The summed E-state index contributed by atoms with van der Waals surface area (Å²) >= 11 is 0. The van der Waals surface area contributed by atoms with Crippen molar-refractivity contribution in [1.82, 2.24) is 10.2 Å².